The van der Waals surface area contributed by atoms with Crippen molar-refractivity contribution < 1.29 is 23.9 Å². The Kier molecular flexibility index (Phi) is 7.78. The lowest BCUT2D eigenvalue weighted by Gasteiger charge is -2.23. The first-order valence-corrected chi connectivity index (χ1v) is 10.1. The number of alkyl carbamates (subject to hydrolysis) is 1. The normalized spacial score (nSPS) is 12.0. The van der Waals surface area contributed by atoms with Gasteiger partial charge in [-0.3, -0.25) is 4.79 Å². The minimum absolute atomic E-state index is 0.315. The maximum Gasteiger partial charge on any atom is 0.408 e. The van der Waals surface area contributed by atoms with E-state index in [4.69, 9.17) is 4.74 Å². The van der Waals surface area contributed by atoms with Crippen LogP contribution in [0.5, 0.6) is 0 Å². The molecule has 1 aromatic carbocycles. The first kappa shape index (κ1) is 22.4. The standard InChI is InChI=1S/C21H26N2O5S/c1-21(2,3)28-20(26)23-17(16-6-5-13-29-16)18(24)22-12-11-14-7-9-15(10-8-14)19(25)27-4/h5-10,13,17H,11-12H2,1-4H3,(H,22,24)(H,23,26). The number of benzene rings is 1. The van der Waals surface area contributed by atoms with E-state index >= 15 is 0 Å². The number of esters is 1. The second-order valence-electron chi connectivity index (χ2n) is 7.32. The van der Waals surface area contributed by atoms with E-state index in [1.165, 1.54) is 18.4 Å². The minimum atomic E-state index is -0.827. The van der Waals surface area contributed by atoms with Crippen LogP contribution in [0.2, 0.25) is 0 Å². The van der Waals surface area contributed by atoms with Gasteiger partial charge in [0.05, 0.1) is 12.7 Å². The van der Waals surface area contributed by atoms with Crippen LogP contribution in [0.4, 0.5) is 4.79 Å². The molecule has 0 aliphatic carbocycles. The lowest BCUT2D eigenvalue weighted by Crippen LogP contribution is -2.42. The zero-order chi connectivity index (χ0) is 21.4. The molecule has 29 heavy (non-hydrogen) atoms. The summed E-state index contributed by atoms with van der Waals surface area (Å²) in [6, 6.07) is 9.77. The molecule has 2 rings (SSSR count). The smallest absolute Gasteiger partial charge is 0.408 e. The van der Waals surface area contributed by atoms with Crippen LogP contribution < -0.4 is 10.6 Å². The predicted octanol–water partition coefficient (Wildman–Crippen LogP) is 3.46. The van der Waals surface area contributed by atoms with E-state index in [0.29, 0.717) is 18.5 Å². The summed E-state index contributed by atoms with van der Waals surface area (Å²) in [5.74, 6) is -0.707. The molecule has 7 nitrogen and oxygen atoms in total. The summed E-state index contributed by atoms with van der Waals surface area (Å²) in [6.45, 7) is 5.67. The van der Waals surface area contributed by atoms with Crippen LogP contribution in [0.1, 0.15) is 47.6 Å². The Morgan fingerprint density at radius 1 is 1.10 bits per heavy atom. The van der Waals surface area contributed by atoms with Gasteiger partial charge in [-0.2, -0.15) is 0 Å². The lowest BCUT2D eigenvalue weighted by atomic mass is 10.1. The van der Waals surface area contributed by atoms with E-state index in [0.717, 1.165) is 10.4 Å². The Labute approximate surface area is 174 Å². The molecule has 156 valence electrons. The van der Waals surface area contributed by atoms with Crippen molar-refractivity contribution in [1.29, 1.82) is 0 Å². The highest BCUT2D eigenvalue weighted by Crippen LogP contribution is 2.20. The molecule has 0 aliphatic heterocycles. The summed E-state index contributed by atoms with van der Waals surface area (Å²) in [5.41, 5.74) is 0.780. The van der Waals surface area contributed by atoms with Gasteiger partial charge < -0.3 is 20.1 Å². The number of hydrogen-bond acceptors (Lipinski definition) is 6. The van der Waals surface area contributed by atoms with Crippen molar-refractivity contribution in [2.75, 3.05) is 13.7 Å². The summed E-state index contributed by atoms with van der Waals surface area (Å²) < 4.78 is 9.94. The third-order valence-corrected chi connectivity index (χ3v) is 4.78. The van der Waals surface area contributed by atoms with Gasteiger partial charge in [0, 0.05) is 11.4 Å². The highest BCUT2D eigenvalue weighted by atomic mass is 32.1. The second-order valence-corrected chi connectivity index (χ2v) is 8.30. The maximum atomic E-state index is 12.7. The Hall–Kier alpha value is -2.87. The van der Waals surface area contributed by atoms with Gasteiger partial charge >= 0.3 is 12.1 Å². The van der Waals surface area contributed by atoms with E-state index in [1.54, 1.807) is 39.0 Å². The Morgan fingerprint density at radius 3 is 2.34 bits per heavy atom. The average Bonchev–Trinajstić information content (AvgIpc) is 3.19. The van der Waals surface area contributed by atoms with Crippen LogP contribution in [0.3, 0.4) is 0 Å². The van der Waals surface area contributed by atoms with Crippen molar-refractivity contribution in [2.45, 2.75) is 38.8 Å². The third kappa shape index (κ3) is 7.23. The fourth-order valence-corrected chi connectivity index (χ4v) is 3.28. The number of ether oxygens (including phenoxy) is 2. The van der Waals surface area contributed by atoms with Gasteiger partial charge in [0.25, 0.3) is 0 Å². The fourth-order valence-electron chi connectivity index (χ4n) is 2.50. The number of amides is 2. The zero-order valence-corrected chi connectivity index (χ0v) is 17.8. The predicted molar refractivity (Wildman–Crippen MR) is 111 cm³/mol. The van der Waals surface area contributed by atoms with Crippen LogP contribution in [-0.4, -0.2) is 37.2 Å². The first-order valence-electron chi connectivity index (χ1n) is 9.17. The molecule has 0 spiro atoms. The van der Waals surface area contributed by atoms with Crippen molar-refractivity contribution in [3.05, 3.63) is 57.8 Å². The molecule has 1 unspecified atom stereocenters. The van der Waals surface area contributed by atoms with E-state index in [2.05, 4.69) is 15.4 Å². The molecular weight excluding hydrogens is 392 g/mol. The van der Waals surface area contributed by atoms with Crippen LogP contribution in [0.25, 0.3) is 0 Å². The van der Waals surface area contributed by atoms with Gasteiger partial charge in [-0.05, 0) is 56.3 Å². The molecule has 2 N–H and O–H groups in total. The quantitative estimate of drug-likeness (QED) is 0.672. The molecule has 0 saturated heterocycles. The minimum Gasteiger partial charge on any atom is -0.465 e. The highest BCUT2D eigenvalue weighted by molar-refractivity contribution is 7.10. The molecular formula is C21H26N2O5S. The number of methoxy groups -OCH3 is 1. The number of carbonyl (C=O) groups is 3. The SMILES string of the molecule is COC(=O)c1ccc(CCNC(=O)C(NC(=O)OC(C)(C)C)c2cccs2)cc1. The summed E-state index contributed by atoms with van der Waals surface area (Å²) in [6.07, 6.45) is -0.0685. The molecule has 0 saturated carbocycles. The number of carbonyl (C=O) groups excluding carboxylic acids is 3. The topological polar surface area (TPSA) is 93.7 Å². The maximum absolute atomic E-state index is 12.7. The second kappa shape index (κ2) is 10.1. The summed E-state index contributed by atoms with van der Waals surface area (Å²) in [5, 5.41) is 7.32. The van der Waals surface area contributed by atoms with Gasteiger partial charge in [0.1, 0.15) is 11.6 Å². The van der Waals surface area contributed by atoms with Crippen LogP contribution in [0.15, 0.2) is 41.8 Å². The van der Waals surface area contributed by atoms with Crippen molar-refractivity contribution in [3.8, 4) is 0 Å². The molecule has 0 bridgehead atoms. The number of rotatable bonds is 7. The van der Waals surface area contributed by atoms with E-state index < -0.39 is 23.7 Å². The molecule has 2 amide bonds. The van der Waals surface area contributed by atoms with Crippen molar-refractivity contribution >= 4 is 29.3 Å². The summed E-state index contributed by atoms with van der Waals surface area (Å²) >= 11 is 1.38. The zero-order valence-electron chi connectivity index (χ0n) is 17.0. The summed E-state index contributed by atoms with van der Waals surface area (Å²) in [4.78, 5) is 37.0. The molecule has 1 aromatic heterocycles. The largest absolute Gasteiger partial charge is 0.465 e. The molecule has 2 aromatic rings. The molecule has 0 aliphatic rings. The van der Waals surface area contributed by atoms with Gasteiger partial charge in [-0.15, -0.1) is 11.3 Å². The number of thiophene rings is 1. The van der Waals surface area contributed by atoms with Gasteiger partial charge in [0.2, 0.25) is 5.91 Å². The number of nitrogens with one attached hydrogen (secondary N) is 2. The molecule has 8 heteroatoms. The van der Waals surface area contributed by atoms with E-state index in [9.17, 15) is 14.4 Å². The molecule has 1 atom stereocenters. The van der Waals surface area contributed by atoms with Crippen LogP contribution >= 0.6 is 11.3 Å². The van der Waals surface area contributed by atoms with Gasteiger partial charge in [-0.25, -0.2) is 9.59 Å². The van der Waals surface area contributed by atoms with Gasteiger partial charge in [0.15, 0.2) is 0 Å². The van der Waals surface area contributed by atoms with E-state index in [1.807, 2.05) is 23.6 Å². The van der Waals surface area contributed by atoms with Crippen molar-refractivity contribution in [2.24, 2.45) is 0 Å². The fraction of sp³-hybridized carbons (Fsp3) is 0.381. The summed E-state index contributed by atoms with van der Waals surface area (Å²) in [7, 11) is 1.33. The Bertz CT molecular complexity index is 826. The van der Waals surface area contributed by atoms with Gasteiger partial charge in [-0.1, -0.05) is 18.2 Å². The molecule has 0 fully saturated rings. The van der Waals surface area contributed by atoms with E-state index in [-0.39, 0.29) is 5.91 Å². The monoisotopic (exact) mass is 418 g/mol. The average molecular weight is 419 g/mol. The number of hydrogen-bond donors (Lipinski definition) is 2. The molecule has 1 heterocycles. The first-order chi connectivity index (χ1) is 13.7. The molecule has 0 radical (unpaired) electrons. The Morgan fingerprint density at radius 2 is 1.79 bits per heavy atom. The van der Waals surface area contributed by atoms with Crippen LogP contribution in [0, 0.1) is 0 Å². The van der Waals surface area contributed by atoms with Crippen molar-refractivity contribution in [3.63, 3.8) is 0 Å². The Balaban J connectivity index is 1.94. The lowest BCUT2D eigenvalue weighted by molar-refractivity contribution is -0.123. The third-order valence-electron chi connectivity index (χ3n) is 3.84. The van der Waals surface area contributed by atoms with Crippen molar-refractivity contribution in [1.82, 2.24) is 10.6 Å². The van der Waals surface area contributed by atoms with Crippen LogP contribution in [-0.2, 0) is 20.7 Å². The highest BCUT2D eigenvalue weighted by Gasteiger charge is 2.26.